The molecule has 27 heavy (non-hydrogen) atoms. The van der Waals surface area contributed by atoms with Crippen LogP contribution >= 0.6 is 27.7 Å². The van der Waals surface area contributed by atoms with E-state index in [-0.39, 0.29) is 5.91 Å². The van der Waals surface area contributed by atoms with Crippen molar-refractivity contribution < 1.29 is 14.3 Å². The summed E-state index contributed by atoms with van der Waals surface area (Å²) in [5.41, 5.74) is 3.77. The molecule has 0 spiro atoms. The Hall–Kier alpha value is -2.25. The molecule has 7 heteroatoms. The zero-order chi connectivity index (χ0) is 19.6. The number of carbonyl (C=O) groups is 1. The van der Waals surface area contributed by atoms with Gasteiger partial charge >= 0.3 is 0 Å². The molecule has 1 N–H and O–H groups in total. The summed E-state index contributed by atoms with van der Waals surface area (Å²) in [5, 5.41) is 3.36. The molecule has 0 aromatic heterocycles. The van der Waals surface area contributed by atoms with Crippen LogP contribution in [-0.2, 0) is 4.79 Å². The number of thioether (sulfide) groups is 1. The molecular weight excluding hydrogens is 428 g/mol. The fourth-order valence-electron chi connectivity index (χ4n) is 2.68. The summed E-state index contributed by atoms with van der Waals surface area (Å²) in [6.07, 6.45) is 1.78. The molecule has 5 nitrogen and oxygen atoms in total. The summed E-state index contributed by atoms with van der Waals surface area (Å²) >= 11 is 4.85. The van der Waals surface area contributed by atoms with Gasteiger partial charge in [-0.3, -0.25) is 4.79 Å². The number of carbonyl (C=O) groups excluding carboxylic acids is 1. The molecule has 0 aliphatic carbocycles. The van der Waals surface area contributed by atoms with Crippen molar-refractivity contribution in [3.8, 4) is 11.5 Å². The molecule has 1 aliphatic rings. The number of nitrogens with one attached hydrogen (secondary N) is 1. The Bertz CT molecular complexity index is 947. The molecule has 2 aromatic rings. The highest BCUT2D eigenvalue weighted by Crippen LogP contribution is 2.33. The maximum absolute atomic E-state index is 12.4. The first kappa shape index (κ1) is 19.5. The SMILES string of the molecule is COc1ccc(OC)c(/C=C2\SC(=Nc3cc(C)c(Br)c(C)c3)NC2=O)c1. The molecule has 0 unspecified atom stereocenters. The number of amidine groups is 1. The molecule has 1 heterocycles. The molecule has 140 valence electrons. The number of aryl methyl sites for hydroxylation is 2. The van der Waals surface area contributed by atoms with Gasteiger partial charge in [-0.25, -0.2) is 4.99 Å². The lowest BCUT2D eigenvalue weighted by Crippen LogP contribution is -2.19. The molecule has 0 atom stereocenters. The summed E-state index contributed by atoms with van der Waals surface area (Å²) in [6, 6.07) is 9.41. The third-order valence-corrected chi connectivity index (χ3v) is 6.19. The number of aliphatic imine (C=N–C) groups is 1. The number of ether oxygens (including phenoxy) is 2. The molecule has 0 radical (unpaired) electrons. The van der Waals surface area contributed by atoms with Crippen molar-refractivity contribution >= 4 is 50.5 Å². The first-order valence-corrected chi connectivity index (χ1v) is 9.80. The van der Waals surface area contributed by atoms with E-state index >= 15 is 0 Å². The van der Waals surface area contributed by atoms with E-state index < -0.39 is 0 Å². The van der Waals surface area contributed by atoms with Crippen LogP contribution in [0.2, 0.25) is 0 Å². The van der Waals surface area contributed by atoms with Gasteiger partial charge in [-0.05, 0) is 73.1 Å². The second-order valence-corrected chi connectivity index (χ2v) is 7.81. The van der Waals surface area contributed by atoms with E-state index in [2.05, 4.69) is 26.2 Å². The highest BCUT2D eigenvalue weighted by molar-refractivity contribution is 9.10. The van der Waals surface area contributed by atoms with Crippen LogP contribution in [0.4, 0.5) is 5.69 Å². The van der Waals surface area contributed by atoms with E-state index in [9.17, 15) is 4.79 Å². The Morgan fingerprint density at radius 3 is 2.44 bits per heavy atom. The van der Waals surface area contributed by atoms with E-state index in [1.54, 1.807) is 20.3 Å². The zero-order valence-electron chi connectivity index (χ0n) is 15.4. The summed E-state index contributed by atoms with van der Waals surface area (Å²) in [5.74, 6) is 1.18. The Morgan fingerprint density at radius 1 is 1.11 bits per heavy atom. The maximum atomic E-state index is 12.4. The number of amides is 1. The van der Waals surface area contributed by atoms with Crippen molar-refractivity contribution in [1.82, 2.24) is 5.32 Å². The normalized spacial score (nSPS) is 16.7. The predicted molar refractivity (Wildman–Crippen MR) is 114 cm³/mol. The van der Waals surface area contributed by atoms with Gasteiger partial charge in [0.2, 0.25) is 0 Å². The van der Waals surface area contributed by atoms with Crippen LogP contribution in [0.25, 0.3) is 6.08 Å². The van der Waals surface area contributed by atoms with Gasteiger partial charge in [-0.15, -0.1) is 0 Å². The van der Waals surface area contributed by atoms with Gasteiger partial charge in [0, 0.05) is 10.0 Å². The van der Waals surface area contributed by atoms with Crippen molar-refractivity contribution in [3.05, 3.63) is 56.4 Å². The molecule has 2 aromatic carbocycles. The minimum atomic E-state index is -0.186. The van der Waals surface area contributed by atoms with Crippen LogP contribution in [0.1, 0.15) is 16.7 Å². The van der Waals surface area contributed by atoms with E-state index in [1.807, 2.05) is 44.2 Å². The third kappa shape index (κ3) is 4.36. The van der Waals surface area contributed by atoms with Gasteiger partial charge in [0.15, 0.2) is 5.17 Å². The quantitative estimate of drug-likeness (QED) is 0.673. The summed E-state index contributed by atoms with van der Waals surface area (Å²) in [6.45, 7) is 4.03. The van der Waals surface area contributed by atoms with Crippen LogP contribution in [0.3, 0.4) is 0 Å². The second kappa shape index (κ2) is 8.19. The number of hydrogen-bond acceptors (Lipinski definition) is 5. The van der Waals surface area contributed by atoms with Crippen molar-refractivity contribution in [2.45, 2.75) is 13.8 Å². The Balaban J connectivity index is 1.91. The lowest BCUT2D eigenvalue weighted by Gasteiger charge is -2.07. The fraction of sp³-hybridized carbons (Fsp3) is 0.200. The van der Waals surface area contributed by atoms with Crippen molar-refractivity contribution in [3.63, 3.8) is 0 Å². The summed E-state index contributed by atoms with van der Waals surface area (Å²) in [4.78, 5) is 17.5. The van der Waals surface area contributed by atoms with Crippen molar-refractivity contribution in [2.24, 2.45) is 4.99 Å². The monoisotopic (exact) mass is 446 g/mol. The Kier molecular flexibility index (Phi) is 5.92. The third-order valence-electron chi connectivity index (χ3n) is 4.03. The van der Waals surface area contributed by atoms with Crippen LogP contribution in [0, 0.1) is 13.8 Å². The van der Waals surface area contributed by atoms with Gasteiger partial charge in [-0.1, -0.05) is 15.9 Å². The zero-order valence-corrected chi connectivity index (χ0v) is 17.8. The molecular formula is C20H19BrN2O3S. The Labute approximate surface area is 171 Å². The molecule has 1 saturated heterocycles. The average Bonchev–Trinajstić information content (AvgIpc) is 2.98. The Morgan fingerprint density at radius 2 is 1.81 bits per heavy atom. The maximum Gasteiger partial charge on any atom is 0.264 e. The van der Waals surface area contributed by atoms with E-state index in [4.69, 9.17) is 9.47 Å². The minimum Gasteiger partial charge on any atom is -0.497 e. The van der Waals surface area contributed by atoms with Crippen LogP contribution in [0.15, 0.2) is 44.7 Å². The fourth-order valence-corrected chi connectivity index (χ4v) is 3.74. The van der Waals surface area contributed by atoms with Gasteiger partial charge in [0.1, 0.15) is 11.5 Å². The standard InChI is InChI=1S/C20H19BrN2O3S/c1-11-7-14(8-12(2)18(11)21)22-20-23-19(24)17(27-20)10-13-9-15(25-3)5-6-16(13)26-4/h5-10H,1-4H3,(H,22,23,24)/b17-10-. The number of hydrogen-bond donors (Lipinski definition) is 1. The molecule has 1 fully saturated rings. The smallest absolute Gasteiger partial charge is 0.264 e. The van der Waals surface area contributed by atoms with E-state index in [0.717, 1.165) is 26.9 Å². The summed E-state index contributed by atoms with van der Waals surface area (Å²) in [7, 11) is 3.19. The van der Waals surface area contributed by atoms with Crippen molar-refractivity contribution in [1.29, 1.82) is 0 Å². The molecule has 3 rings (SSSR count). The number of halogens is 1. The molecule has 0 saturated carbocycles. The minimum absolute atomic E-state index is 0.186. The predicted octanol–water partition coefficient (Wildman–Crippen LogP) is 4.97. The number of methoxy groups -OCH3 is 2. The van der Waals surface area contributed by atoms with Gasteiger partial charge in [0.25, 0.3) is 5.91 Å². The first-order chi connectivity index (χ1) is 12.9. The van der Waals surface area contributed by atoms with Crippen LogP contribution in [0.5, 0.6) is 11.5 Å². The van der Waals surface area contributed by atoms with Crippen LogP contribution < -0.4 is 14.8 Å². The van der Waals surface area contributed by atoms with E-state index in [0.29, 0.717) is 21.6 Å². The van der Waals surface area contributed by atoms with Gasteiger partial charge in [-0.2, -0.15) is 0 Å². The van der Waals surface area contributed by atoms with E-state index in [1.165, 1.54) is 11.8 Å². The molecule has 0 bridgehead atoms. The highest BCUT2D eigenvalue weighted by atomic mass is 79.9. The lowest BCUT2D eigenvalue weighted by atomic mass is 10.1. The van der Waals surface area contributed by atoms with Gasteiger partial charge < -0.3 is 14.8 Å². The molecule has 1 amide bonds. The van der Waals surface area contributed by atoms with Crippen molar-refractivity contribution in [2.75, 3.05) is 14.2 Å². The lowest BCUT2D eigenvalue weighted by molar-refractivity contribution is -0.115. The largest absolute Gasteiger partial charge is 0.497 e. The topological polar surface area (TPSA) is 59.9 Å². The first-order valence-electron chi connectivity index (χ1n) is 8.19. The average molecular weight is 447 g/mol. The number of nitrogens with zero attached hydrogens (tertiary/aromatic N) is 1. The van der Waals surface area contributed by atoms with Crippen LogP contribution in [-0.4, -0.2) is 25.3 Å². The second-order valence-electron chi connectivity index (χ2n) is 5.98. The van der Waals surface area contributed by atoms with Gasteiger partial charge in [0.05, 0.1) is 24.8 Å². The highest BCUT2D eigenvalue weighted by Gasteiger charge is 2.24. The number of rotatable bonds is 4. The number of benzene rings is 2. The summed E-state index contributed by atoms with van der Waals surface area (Å²) < 4.78 is 11.7. The molecule has 1 aliphatic heterocycles.